The molecule has 1 N–H and O–H groups in total. The maximum absolute atomic E-state index is 17.4. The highest BCUT2D eigenvalue weighted by Crippen LogP contribution is 2.71. The van der Waals surface area contributed by atoms with E-state index in [1.165, 1.54) is 19.1 Å². The molecule has 0 radical (unpaired) electrons. The number of rotatable bonds is 5. The molecule has 38 heavy (non-hydrogen) atoms. The van der Waals surface area contributed by atoms with E-state index in [2.05, 4.69) is 4.74 Å². The van der Waals surface area contributed by atoms with E-state index in [0.29, 0.717) is 0 Å². The number of Topliss-reactive ketones (excluding diaryl/α,β-unsaturated/α-hetero) is 1. The van der Waals surface area contributed by atoms with Gasteiger partial charge in [0.15, 0.2) is 23.7 Å². The van der Waals surface area contributed by atoms with Crippen LogP contribution in [0.5, 0.6) is 0 Å². The fraction of sp³-hybridized carbons (Fsp3) is 0.704. The van der Waals surface area contributed by atoms with E-state index in [1.807, 2.05) is 0 Å². The number of methoxy groups -OCH3 is 1. The molecule has 0 aromatic rings. The van der Waals surface area contributed by atoms with Crippen LogP contribution in [0.2, 0.25) is 0 Å². The molecule has 0 heterocycles. The van der Waals surface area contributed by atoms with Gasteiger partial charge in [0.2, 0.25) is 5.78 Å². The van der Waals surface area contributed by atoms with E-state index < -0.39 is 82.6 Å². The van der Waals surface area contributed by atoms with Crippen molar-refractivity contribution in [2.75, 3.05) is 20.3 Å². The third-order valence-electron chi connectivity index (χ3n) is 9.58. The quantitative estimate of drug-likeness (QED) is 0.518. The SMILES string of the molecule is CCOC(=O)O[C@]1(C(=O)COC(=O)OC)[C@H](C)C[C@H]2[C@@H]3C[C@H](F)C4=CC(=O)C=C[C@]4(C)[C@@]3(F)[C@@H](O)C[C@@]21C. The van der Waals surface area contributed by atoms with Gasteiger partial charge in [-0.3, -0.25) is 9.59 Å². The molecule has 4 aliphatic carbocycles. The summed E-state index contributed by atoms with van der Waals surface area (Å²) in [4.78, 5) is 50.0. The molecule has 4 rings (SSSR count). The van der Waals surface area contributed by atoms with Gasteiger partial charge in [-0.05, 0) is 56.8 Å². The maximum Gasteiger partial charge on any atom is 0.509 e. The summed E-state index contributed by atoms with van der Waals surface area (Å²) in [6.45, 7) is 5.44. The van der Waals surface area contributed by atoms with Crippen molar-refractivity contribution >= 4 is 23.9 Å². The van der Waals surface area contributed by atoms with Gasteiger partial charge in [0.05, 0.1) is 19.8 Å². The minimum atomic E-state index is -2.37. The van der Waals surface area contributed by atoms with Crippen LogP contribution in [-0.2, 0) is 28.5 Å². The second-order valence-corrected chi connectivity index (χ2v) is 11.2. The second-order valence-electron chi connectivity index (χ2n) is 11.2. The first kappa shape index (κ1) is 28.2. The van der Waals surface area contributed by atoms with Gasteiger partial charge in [-0.15, -0.1) is 0 Å². The topological polar surface area (TPSA) is 125 Å². The van der Waals surface area contributed by atoms with Gasteiger partial charge in [0.25, 0.3) is 0 Å². The minimum Gasteiger partial charge on any atom is -0.438 e. The van der Waals surface area contributed by atoms with Crippen molar-refractivity contribution < 1.29 is 52.0 Å². The van der Waals surface area contributed by atoms with E-state index >= 15 is 8.78 Å². The zero-order valence-corrected chi connectivity index (χ0v) is 22.1. The summed E-state index contributed by atoms with van der Waals surface area (Å²) in [5.74, 6) is -3.77. The largest absolute Gasteiger partial charge is 0.509 e. The Balaban J connectivity index is 1.82. The van der Waals surface area contributed by atoms with Crippen molar-refractivity contribution in [2.45, 2.75) is 70.5 Å². The van der Waals surface area contributed by atoms with Crippen LogP contribution in [0.25, 0.3) is 0 Å². The average Bonchev–Trinajstić information content (AvgIpc) is 3.07. The molecule has 3 fully saturated rings. The Morgan fingerprint density at radius 3 is 2.45 bits per heavy atom. The van der Waals surface area contributed by atoms with E-state index in [-0.39, 0.29) is 31.4 Å². The van der Waals surface area contributed by atoms with Crippen molar-refractivity contribution in [2.24, 2.45) is 28.6 Å². The highest BCUT2D eigenvalue weighted by atomic mass is 19.1. The van der Waals surface area contributed by atoms with Crippen LogP contribution in [0.15, 0.2) is 23.8 Å². The summed E-state index contributed by atoms with van der Waals surface area (Å²) in [5, 5.41) is 11.5. The first-order chi connectivity index (χ1) is 17.7. The molecule has 0 amide bonds. The van der Waals surface area contributed by atoms with Crippen LogP contribution < -0.4 is 0 Å². The van der Waals surface area contributed by atoms with Crippen LogP contribution in [-0.4, -0.2) is 72.9 Å². The Bertz CT molecular complexity index is 1100. The average molecular weight is 541 g/mol. The molecule has 3 saturated carbocycles. The molecule has 9 nitrogen and oxygen atoms in total. The number of alkyl halides is 2. The minimum absolute atomic E-state index is 0.0194. The number of carbonyl (C=O) groups excluding carboxylic acids is 4. The van der Waals surface area contributed by atoms with E-state index in [1.54, 1.807) is 20.8 Å². The van der Waals surface area contributed by atoms with Gasteiger partial charge in [-0.25, -0.2) is 18.4 Å². The molecule has 4 aliphatic rings. The van der Waals surface area contributed by atoms with Crippen LogP contribution in [0.4, 0.5) is 18.4 Å². The summed E-state index contributed by atoms with van der Waals surface area (Å²) < 4.78 is 53.1. The summed E-state index contributed by atoms with van der Waals surface area (Å²) in [5.41, 5.74) is -7.33. The standard InChI is InChI=1S/C27H34F2O9/c1-6-36-23(34)38-27(21(32)13-37-22(33)35-5)14(2)9-16-17-11-19(28)18-10-15(30)7-8-24(18,3)26(17,29)20(31)12-25(16,27)4/h7-8,10,14,16-17,19-20,31H,6,9,11-13H2,1-5H3/t14-,16+,17+,19+,20+,24+,25+,26+,27+/m1/s1. The zero-order valence-electron chi connectivity index (χ0n) is 22.1. The smallest absolute Gasteiger partial charge is 0.438 e. The summed E-state index contributed by atoms with van der Waals surface area (Å²) >= 11 is 0. The molecule has 0 spiro atoms. The number of fused-ring (bicyclic) bond motifs is 5. The van der Waals surface area contributed by atoms with Gasteiger partial charge >= 0.3 is 12.3 Å². The van der Waals surface area contributed by atoms with Crippen molar-refractivity contribution in [3.05, 3.63) is 23.8 Å². The molecule has 0 aromatic carbocycles. The van der Waals surface area contributed by atoms with E-state index in [0.717, 1.165) is 13.2 Å². The lowest BCUT2D eigenvalue weighted by Gasteiger charge is -2.63. The van der Waals surface area contributed by atoms with Crippen LogP contribution in [0.3, 0.4) is 0 Å². The van der Waals surface area contributed by atoms with Gasteiger partial charge in [0.1, 0.15) is 6.17 Å². The van der Waals surface area contributed by atoms with Gasteiger partial charge < -0.3 is 24.1 Å². The first-order valence-corrected chi connectivity index (χ1v) is 12.8. The monoisotopic (exact) mass is 540 g/mol. The Morgan fingerprint density at radius 1 is 1.13 bits per heavy atom. The third-order valence-corrected chi connectivity index (χ3v) is 9.58. The lowest BCUT2D eigenvalue weighted by atomic mass is 9.44. The number of aliphatic hydroxyl groups is 1. The zero-order chi connectivity index (χ0) is 28.3. The van der Waals surface area contributed by atoms with E-state index in [4.69, 9.17) is 14.2 Å². The van der Waals surface area contributed by atoms with Gasteiger partial charge in [-0.1, -0.05) is 19.9 Å². The third kappa shape index (κ3) is 3.64. The molecule has 210 valence electrons. The van der Waals surface area contributed by atoms with Crippen molar-refractivity contribution in [1.82, 2.24) is 0 Å². The number of hydrogen-bond donors (Lipinski definition) is 1. The Labute approximate surface area is 219 Å². The summed E-state index contributed by atoms with van der Waals surface area (Å²) in [7, 11) is 1.07. The number of carbonyl (C=O) groups is 4. The predicted octanol–water partition coefficient (Wildman–Crippen LogP) is 3.82. The molecule has 0 unspecified atom stereocenters. The molecule has 9 atom stereocenters. The number of halogens is 2. The van der Waals surface area contributed by atoms with Crippen LogP contribution >= 0.6 is 0 Å². The van der Waals surface area contributed by atoms with Gasteiger partial charge in [-0.2, -0.15) is 0 Å². The molecular formula is C27H34F2O9. The highest BCUT2D eigenvalue weighted by Gasteiger charge is 2.78. The second kappa shape index (κ2) is 9.43. The van der Waals surface area contributed by atoms with Crippen molar-refractivity contribution in [3.8, 4) is 0 Å². The molecule has 0 saturated heterocycles. The van der Waals surface area contributed by atoms with Crippen LogP contribution in [0.1, 0.15) is 47.0 Å². The lowest BCUT2D eigenvalue weighted by Crippen LogP contribution is -2.71. The van der Waals surface area contributed by atoms with E-state index in [9.17, 15) is 24.3 Å². The van der Waals surface area contributed by atoms with Crippen LogP contribution in [0, 0.1) is 28.6 Å². The van der Waals surface area contributed by atoms with Crippen molar-refractivity contribution in [3.63, 3.8) is 0 Å². The predicted molar refractivity (Wildman–Crippen MR) is 127 cm³/mol. The fourth-order valence-electron chi connectivity index (χ4n) is 7.96. The summed E-state index contributed by atoms with van der Waals surface area (Å²) in [6, 6.07) is 0. The maximum atomic E-state index is 17.4. The molecule has 11 heteroatoms. The number of allylic oxidation sites excluding steroid dienone is 4. The molecule has 0 aliphatic heterocycles. The normalized spacial score (nSPS) is 43.2. The molecule has 0 bridgehead atoms. The molecule has 0 aromatic heterocycles. The number of ketones is 2. The number of hydrogen-bond acceptors (Lipinski definition) is 9. The van der Waals surface area contributed by atoms with Gasteiger partial charge in [0, 0.05) is 22.7 Å². The first-order valence-electron chi connectivity index (χ1n) is 12.8. The number of ether oxygens (including phenoxy) is 4. The Morgan fingerprint density at radius 2 is 1.82 bits per heavy atom. The fourth-order valence-corrected chi connectivity index (χ4v) is 7.96. The Hall–Kier alpha value is -2.82. The summed E-state index contributed by atoms with van der Waals surface area (Å²) in [6.07, 6.45) is -2.52. The number of aliphatic hydroxyl groups excluding tert-OH is 1. The van der Waals surface area contributed by atoms with Crippen molar-refractivity contribution in [1.29, 1.82) is 0 Å². The Kier molecular flexibility index (Phi) is 6.99. The highest BCUT2D eigenvalue weighted by molar-refractivity contribution is 6.01. The lowest BCUT2D eigenvalue weighted by molar-refractivity contribution is -0.226. The molecular weight excluding hydrogens is 506 g/mol.